The smallest absolute Gasteiger partial charge is 0.320 e. The number of carbonyl (C=O) groups is 2. The summed E-state index contributed by atoms with van der Waals surface area (Å²) in [5.41, 5.74) is -0.635. The second kappa shape index (κ2) is 6.95. The molecule has 0 saturated carbocycles. The molecule has 20 heavy (non-hydrogen) atoms. The summed E-state index contributed by atoms with van der Waals surface area (Å²) in [4.78, 5) is 27.6. The summed E-state index contributed by atoms with van der Waals surface area (Å²) in [6, 6.07) is 0.233. The van der Waals surface area contributed by atoms with E-state index in [-0.39, 0.29) is 12.1 Å². The van der Waals surface area contributed by atoms with Crippen molar-refractivity contribution in [1.82, 2.24) is 9.80 Å². The quantitative estimate of drug-likeness (QED) is 0.844. The van der Waals surface area contributed by atoms with Crippen molar-refractivity contribution in [1.29, 1.82) is 0 Å². The molecule has 0 aromatic heterocycles. The number of piperidine rings is 1. The van der Waals surface area contributed by atoms with Crippen LogP contribution in [0.3, 0.4) is 0 Å². The Hall–Kier alpha value is -1.26. The van der Waals surface area contributed by atoms with Gasteiger partial charge >= 0.3 is 12.0 Å². The zero-order valence-corrected chi connectivity index (χ0v) is 13.2. The normalized spacial score (nSPS) is 18.1. The van der Waals surface area contributed by atoms with E-state index in [0.29, 0.717) is 32.4 Å². The lowest BCUT2D eigenvalue weighted by Crippen LogP contribution is -2.52. The third-order valence-electron chi connectivity index (χ3n) is 4.46. The average molecular weight is 284 g/mol. The number of urea groups is 1. The maximum absolute atomic E-state index is 12.5. The summed E-state index contributed by atoms with van der Waals surface area (Å²) >= 11 is 0. The van der Waals surface area contributed by atoms with E-state index in [9.17, 15) is 14.7 Å². The maximum atomic E-state index is 12.5. The lowest BCUT2D eigenvalue weighted by molar-refractivity contribution is -0.152. The van der Waals surface area contributed by atoms with Gasteiger partial charge in [-0.15, -0.1) is 0 Å². The standard InChI is InChI=1S/C15H28N2O3/c1-5-9-17(12(3)4)14(20)16-10-7-15(6-2,8-11-16)13(18)19/h12H,5-11H2,1-4H3,(H,18,19). The van der Waals surface area contributed by atoms with Crippen molar-refractivity contribution < 1.29 is 14.7 Å². The molecule has 0 radical (unpaired) electrons. The molecule has 1 aliphatic rings. The highest BCUT2D eigenvalue weighted by Gasteiger charge is 2.41. The number of aliphatic carboxylic acids is 1. The SMILES string of the molecule is CCCN(C(=O)N1CCC(CC)(C(=O)O)CC1)C(C)C. The predicted octanol–water partition coefficient (Wildman–Crippen LogP) is 2.80. The van der Waals surface area contributed by atoms with E-state index >= 15 is 0 Å². The van der Waals surface area contributed by atoms with Crippen LogP contribution in [-0.4, -0.2) is 52.6 Å². The van der Waals surface area contributed by atoms with Gasteiger partial charge in [0.05, 0.1) is 5.41 Å². The summed E-state index contributed by atoms with van der Waals surface area (Å²) in [6.45, 7) is 9.87. The summed E-state index contributed by atoms with van der Waals surface area (Å²) in [6.07, 6.45) is 2.68. The Morgan fingerprint density at radius 3 is 2.15 bits per heavy atom. The van der Waals surface area contributed by atoms with Crippen LogP contribution in [0.25, 0.3) is 0 Å². The molecule has 5 nitrogen and oxygen atoms in total. The molecule has 0 aliphatic carbocycles. The number of hydrogen-bond donors (Lipinski definition) is 1. The van der Waals surface area contributed by atoms with Crippen LogP contribution in [0.1, 0.15) is 53.4 Å². The Balaban J connectivity index is 2.68. The Morgan fingerprint density at radius 1 is 1.25 bits per heavy atom. The zero-order chi connectivity index (χ0) is 15.3. The first-order valence-electron chi connectivity index (χ1n) is 7.67. The van der Waals surface area contributed by atoms with Crippen LogP contribution in [0, 0.1) is 5.41 Å². The van der Waals surface area contributed by atoms with Crippen LogP contribution in [0.4, 0.5) is 4.79 Å². The molecule has 0 spiro atoms. The second-order valence-electron chi connectivity index (χ2n) is 6.00. The van der Waals surface area contributed by atoms with E-state index < -0.39 is 11.4 Å². The fourth-order valence-corrected chi connectivity index (χ4v) is 2.84. The lowest BCUT2D eigenvalue weighted by atomic mass is 9.76. The molecule has 1 fully saturated rings. The number of hydrogen-bond acceptors (Lipinski definition) is 2. The maximum Gasteiger partial charge on any atom is 0.320 e. The number of carboxylic acids is 1. The fourth-order valence-electron chi connectivity index (χ4n) is 2.84. The van der Waals surface area contributed by atoms with Gasteiger partial charge in [-0.1, -0.05) is 13.8 Å². The van der Waals surface area contributed by atoms with E-state index in [4.69, 9.17) is 0 Å². The monoisotopic (exact) mass is 284 g/mol. The van der Waals surface area contributed by atoms with E-state index in [1.54, 1.807) is 0 Å². The van der Waals surface area contributed by atoms with Crippen LogP contribution >= 0.6 is 0 Å². The van der Waals surface area contributed by atoms with Gasteiger partial charge in [0.2, 0.25) is 0 Å². The van der Waals surface area contributed by atoms with Crippen LogP contribution in [0.15, 0.2) is 0 Å². The third kappa shape index (κ3) is 3.44. The largest absolute Gasteiger partial charge is 0.481 e. The van der Waals surface area contributed by atoms with E-state index in [1.807, 2.05) is 30.6 Å². The van der Waals surface area contributed by atoms with Gasteiger partial charge in [0.25, 0.3) is 0 Å². The highest BCUT2D eigenvalue weighted by molar-refractivity contribution is 5.77. The van der Waals surface area contributed by atoms with Gasteiger partial charge in [-0.2, -0.15) is 0 Å². The van der Waals surface area contributed by atoms with Gasteiger partial charge in [-0.3, -0.25) is 4.79 Å². The minimum atomic E-state index is -0.721. The number of carbonyl (C=O) groups excluding carboxylic acids is 1. The summed E-state index contributed by atoms with van der Waals surface area (Å²) < 4.78 is 0. The van der Waals surface area contributed by atoms with Gasteiger partial charge in [-0.05, 0) is 39.5 Å². The Morgan fingerprint density at radius 2 is 1.80 bits per heavy atom. The Labute approximate surface area is 121 Å². The number of likely N-dealkylation sites (tertiary alicyclic amines) is 1. The molecule has 1 aliphatic heterocycles. The summed E-state index contributed by atoms with van der Waals surface area (Å²) in [5, 5.41) is 9.38. The third-order valence-corrected chi connectivity index (χ3v) is 4.46. The van der Waals surface area contributed by atoms with Crippen molar-refractivity contribution >= 4 is 12.0 Å². The van der Waals surface area contributed by atoms with E-state index in [0.717, 1.165) is 13.0 Å². The molecule has 0 aromatic carbocycles. The van der Waals surface area contributed by atoms with Crippen molar-refractivity contribution in [2.75, 3.05) is 19.6 Å². The Kier molecular flexibility index (Phi) is 5.84. The predicted molar refractivity (Wildman–Crippen MR) is 78.7 cm³/mol. The minimum Gasteiger partial charge on any atom is -0.481 e. The first kappa shape index (κ1) is 16.8. The first-order valence-corrected chi connectivity index (χ1v) is 7.67. The number of amides is 2. The summed E-state index contributed by atoms with van der Waals surface area (Å²) in [5.74, 6) is -0.721. The first-order chi connectivity index (χ1) is 9.38. The minimum absolute atomic E-state index is 0.0527. The van der Waals surface area contributed by atoms with Crippen LogP contribution in [0.5, 0.6) is 0 Å². The summed E-state index contributed by atoms with van der Waals surface area (Å²) in [7, 11) is 0. The topological polar surface area (TPSA) is 60.9 Å². The van der Waals surface area contributed by atoms with Gasteiger partial charge in [-0.25, -0.2) is 4.79 Å². The van der Waals surface area contributed by atoms with Crippen LogP contribution in [0.2, 0.25) is 0 Å². The average Bonchev–Trinajstić information content (AvgIpc) is 2.43. The van der Waals surface area contributed by atoms with Crippen molar-refractivity contribution in [3.8, 4) is 0 Å². The fraction of sp³-hybridized carbons (Fsp3) is 0.867. The van der Waals surface area contributed by atoms with E-state index in [2.05, 4.69) is 6.92 Å². The lowest BCUT2D eigenvalue weighted by Gasteiger charge is -2.41. The van der Waals surface area contributed by atoms with Crippen molar-refractivity contribution in [3.05, 3.63) is 0 Å². The van der Waals surface area contributed by atoms with Gasteiger partial charge in [0.15, 0.2) is 0 Å². The highest BCUT2D eigenvalue weighted by atomic mass is 16.4. The molecular weight excluding hydrogens is 256 g/mol. The molecule has 0 aromatic rings. The zero-order valence-electron chi connectivity index (χ0n) is 13.2. The van der Waals surface area contributed by atoms with Gasteiger partial charge in [0.1, 0.15) is 0 Å². The molecule has 1 saturated heterocycles. The van der Waals surface area contributed by atoms with Crippen LogP contribution < -0.4 is 0 Å². The molecule has 116 valence electrons. The molecule has 0 bridgehead atoms. The van der Waals surface area contributed by atoms with Crippen LogP contribution in [-0.2, 0) is 4.79 Å². The molecule has 5 heteroatoms. The van der Waals surface area contributed by atoms with Crippen molar-refractivity contribution in [3.63, 3.8) is 0 Å². The molecule has 0 atom stereocenters. The van der Waals surface area contributed by atoms with Crippen molar-refractivity contribution in [2.45, 2.75) is 59.4 Å². The number of nitrogens with zero attached hydrogens (tertiary/aromatic N) is 2. The molecule has 1 rings (SSSR count). The molecule has 0 unspecified atom stereocenters. The highest BCUT2D eigenvalue weighted by Crippen LogP contribution is 2.35. The second-order valence-corrected chi connectivity index (χ2v) is 6.00. The molecule has 2 amide bonds. The van der Waals surface area contributed by atoms with Gasteiger partial charge in [0, 0.05) is 25.7 Å². The van der Waals surface area contributed by atoms with Gasteiger partial charge < -0.3 is 14.9 Å². The van der Waals surface area contributed by atoms with Crippen molar-refractivity contribution in [2.24, 2.45) is 5.41 Å². The number of rotatable bonds is 5. The Bertz CT molecular complexity index is 347. The molecule has 1 heterocycles. The molecular formula is C15H28N2O3. The number of carboxylic acid groups (broad SMARTS) is 1. The van der Waals surface area contributed by atoms with E-state index in [1.165, 1.54) is 0 Å². The molecule has 1 N–H and O–H groups in total.